The molecule has 1 aromatic heterocycles. The summed E-state index contributed by atoms with van der Waals surface area (Å²) < 4.78 is 2.45. The summed E-state index contributed by atoms with van der Waals surface area (Å²) in [5.74, 6) is 0. The van der Waals surface area contributed by atoms with Gasteiger partial charge in [0.2, 0.25) is 0 Å². The Kier molecular flexibility index (Phi) is 7.39. The number of nitrogens with zero attached hydrogens (tertiary/aromatic N) is 1. The van der Waals surface area contributed by atoms with Crippen LogP contribution in [0.1, 0.15) is 52.7 Å². The summed E-state index contributed by atoms with van der Waals surface area (Å²) in [4.78, 5) is 0. The summed E-state index contributed by atoms with van der Waals surface area (Å²) in [5, 5.41) is 10.4. The van der Waals surface area contributed by atoms with Crippen LogP contribution in [0, 0.1) is 0 Å². The molecule has 0 fully saturated rings. The van der Waals surface area contributed by atoms with Gasteiger partial charge in [-0.15, -0.1) is 0 Å². The molecule has 1 nitrogen and oxygen atoms in total. The summed E-state index contributed by atoms with van der Waals surface area (Å²) in [5.41, 5.74) is 13.9. The van der Waals surface area contributed by atoms with Gasteiger partial charge < -0.3 is 4.57 Å². The lowest BCUT2D eigenvalue weighted by molar-refractivity contribution is 0.591. The first-order chi connectivity index (χ1) is 26.5. The van der Waals surface area contributed by atoms with Crippen molar-refractivity contribution < 1.29 is 0 Å². The number of hydrogen-bond donors (Lipinski definition) is 0. The van der Waals surface area contributed by atoms with Gasteiger partial charge in [-0.1, -0.05) is 175 Å². The summed E-state index contributed by atoms with van der Waals surface area (Å²) in [6, 6.07) is 61.6. The second kappa shape index (κ2) is 12.2. The van der Waals surface area contributed by atoms with E-state index in [9.17, 15) is 0 Å². The van der Waals surface area contributed by atoms with Gasteiger partial charge in [0.25, 0.3) is 0 Å². The van der Waals surface area contributed by atoms with Crippen LogP contribution in [0.3, 0.4) is 0 Å². The maximum absolute atomic E-state index is 2.45. The molecule has 10 rings (SSSR count). The Morgan fingerprint density at radius 3 is 1.60 bits per heavy atom. The fraction of sp³-hybridized carbons (Fsp3) is 0.148. The molecule has 0 aliphatic rings. The number of fused-ring (bicyclic) bond motifs is 3. The molecule has 0 unspecified atom stereocenters. The van der Waals surface area contributed by atoms with Crippen molar-refractivity contribution in [3.8, 4) is 39.1 Å². The molecule has 9 aromatic carbocycles. The van der Waals surface area contributed by atoms with Gasteiger partial charge in [-0.05, 0) is 118 Å². The lowest BCUT2D eigenvalue weighted by Gasteiger charge is -2.23. The number of benzene rings is 9. The average Bonchev–Trinajstić information content (AvgIpc) is 3.53. The Labute approximate surface area is 323 Å². The SMILES string of the molecule is CC(C)(C)c1cc2ccc3c(-c4ccc(-n5c6ccccc6c6ccc(C(C)(C)C)cc65)cc4)cc(-c4ccccc4-c4ccccc4)c4ccc(c1)c2c34. The highest BCUT2D eigenvalue weighted by Gasteiger charge is 2.22. The van der Waals surface area contributed by atoms with Gasteiger partial charge in [0.15, 0.2) is 0 Å². The molecule has 10 aromatic rings. The third-order valence-corrected chi connectivity index (χ3v) is 11.9. The van der Waals surface area contributed by atoms with Crippen LogP contribution in [-0.2, 0) is 10.8 Å². The molecule has 1 heteroatoms. The monoisotopic (exact) mass is 707 g/mol. The van der Waals surface area contributed by atoms with Crippen LogP contribution in [0.4, 0.5) is 0 Å². The molecular formula is C54H45N. The van der Waals surface area contributed by atoms with Gasteiger partial charge in [-0.25, -0.2) is 0 Å². The second-order valence-corrected chi connectivity index (χ2v) is 17.4. The van der Waals surface area contributed by atoms with Crippen molar-refractivity contribution in [2.75, 3.05) is 0 Å². The van der Waals surface area contributed by atoms with Gasteiger partial charge in [-0.3, -0.25) is 0 Å². The fourth-order valence-electron chi connectivity index (χ4n) is 8.90. The van der Waals surface area contributed by atoms with E-state index in [1.165, 1.54) is 104 Å². The van der Waals surface area contributed by atoms with Crippen molar-refractivity contribution >= 4 is 54.1 Å². The van der Waals surface area contributed by atoms with E-state index in [4.69, 9.17) is 0 Å². The van der Waals surface area contributed by atoms with E-state index in [2.05, 4.69) is 210 Å². The van der Waals surface area contributed by atoms with Crippen molar-refractivity contribution in [3.63, 3.8) is 0 Å². The molecule has 0 saturated carbocycles. The molecule has 0 spiro atoms. The zero-order chi connectivity index (χ0) is 37.6. The molecule has 0 radical (unpaired) electrons. The third kappa shape index (κ3) is 5.36. The molecule has 1 heterocycles. The number of hydrogen-bond acceptors (Lipinski definition) is 0. The molecule has 0 bridgehead atoms. The standard InChI is InChI=1S/C54H45N/c1-53(2,3)38-24-29-44-43-18-12-13-19-49(43)55(50(44)32-38)40-25-20-35(21-26-40)47-33-48(42-17-11-10-16-41(42)34-14-8-7-9-15-34)46-28-23-37-31-39(54(4,5)6)30-36-22-27-45(47)52(46)51(36)37/h7-33H,1-6H3. The van der Waals surface area contributed by atoms with E-state index in [0.29, 0.717) is 0 Å². The van der Waals surface area contributed by atoms with E-state index in [1.807, 2.05) is 0 Å². The number of rotatable bonds is 4. The predicted octanol–water partition coefficient (Wildman–Crippen LogP) is 15.3. The number of aromatic nitrogens is 1. The first-order valence-electron chi connectivity index (χ1n) is 19.6. The zero-order valence-electron chi connectivity index (χ0n) is 32.5. The van der Waals surface area contributed by atoms with Gasteiger partial charge >= 0.3 is 0 Å². The predicted molar refractivity (Wildman–Crippen MR) is 238 cm³/mol. The highest BCUT2D eigenvalue weighted by Crippen LogP contribution is 2.47. The lowest BCUT2D eigenvalue weighted by atomic mass is 9.81. The molecule has 0 saturated heterocycles. The van der Waals surface area contributed by atoms with E-state index in [1.54, 1.807) is 0 Å². The van der Waals surface area contributed by atoms with Crippen LogP contribution in [-0.4, -0.2) is 4.57 Å². The summed E-state index contributed by atoms with van der Waals surface area (Å²) in [7, 11) is 0. The topological polar surface area (TPSA) is 4.93 Å². The van der Waals surface area contributed by atoms with Crippen LogP contribution in [0.15, 0.2) is 164 Å². The van der Waals surface area contributed by atoms with Gasteiger partial charge in [0.1, 0.15) is 0 Å². The van der Waals surface area contributed by atoms with Gasteiger partial charge in [0, 0.05) is 16.5 Å². The van der Waals surface area contributed by atoms with Crippen molar-refractivity contribution in [3.05, 3.63) is 175 Å². The maximum atomic E-state index is 2.45. The minimum Gasteiger partial charge on any atom is -0.309 e. The first-order valence-corrected chi connectivity index (χ1v) is 19.6. The largest absolute Gasteiger partial charge is 0.309 e. The van der Waals surface area contributed by atoms with Crippen LogP contribution in [0.5, 0.6) is 0 Å². The van der Waals surface area contributed by atoms with Crippen LogP contribution < -0.4 is 0 Å². The fourth-order valence-corrected chi connectivity index (χ4v) is 8.90. The minimum absolute atomic E-state index is 0.0551. The van der Waals surface area contributed by atoms with E-state index in [0.717, 1.165) is 0 Å². The molecule has 55 heavy (non-hydrogen) atoms. The number of para-hydroxylation sites is 1. The molecule has 0 amide bonds. The quantitative estimate of drug-likeness (QED) is 0.161. The zero-order valence-corrected chi connectivity index (χ0v) is 32.5. The molecular weight excluding hydrogens is 663 g/mol. The Morgan fingerprint density at radius 1 is 0.345 bits per heavy atom. The van der Waals surface area contributed by atoms with E-state index in [-0.39, 0.29) is 10.8 Å². The smallest absolute Gasteiger partial charge is 0.0544 e. The highest BCUT2D eigenvalue weighted by atomic mass is 15.0. The van der Waals surface area contributed by atoms with Gasteiger partial charge in [-0.2, -0.15) is 0 Å². The molecule has 266 valence electrons. The van der Waals surface area contributed by atoms with Gasteiger partial charge in [0.05, 0.1) is 11.0 Å². The molecule has 0 N–H and O–H groups in total. The van der Waals surface area contributed by atoms with Crippen molar-refractivity contribution in [2.24, 2.45) is 0 Å². The average molecular weight is 708 g/mol. The Morgan fingerprint density at radius 2 is 0.909 bits per heavy atom. The molecule has 0 atom stereocenters. The van der Waals surface area contributed by atoms with E-state index >= 15 is 0 Å². The van der Waals surface area contributed by atoms with Crippen molar-refractivity contribution in [2.45, 2.75) is 52.4 Å². The van der Waals surface area contributed by atoms with Crippen LogP contribution in [0.25, 0.3) is 93.2 Å². The summed E-state index contributed by atoms with van der Waals surface area (Å²) in [6.45, 7) is 13.8. The third-order valence-electron chi connectivity index (χ3n) is 11.9. The van der Waals surface area contributed by atoms with Crippen molar-refractivity contribution in [1.82, 2.24) is 4.57 Å². The van der Waals surface area contributed by atoms with E-state index < -0.39 is 0 Å². The molecule has 0 aliphatic heterocycles. The summed E-state index contributed by atoms with van der Waals surface area (Å²) in [6.07, 6.45) is 0. The maximum Gasteiger partial charge on any atom is 0.0544 e. The highest BCUT2D eigenvalue weighted by molar-refractivity contribution is 6.28. The second-order valence-electron chi connectivity index (χ2n) is 17.4. The minimum atomic E-state index is 0.0551. The Balaban J connectivity index is 1.23. The van der Waals surface area contributed by atoms with Crippen LogP contribution >= 0.6 is 0 Å². The Hall–Kier alpha value is -6.18. The Bertz CT molecular complexity index is 3050. The first kappa shape index (κ1) is 33.4. The lowest BCUT2D eigenvalue weighted by Crippen LogP contribution is -2.10. The molecule has 0 aliphatic carbocycles. The normalized spacial score (nSPS) is 12.5. The van der Waals surface area contributed by atoms with Crippen molar-refractivity contribution in [1.29, 1.82) is 0 Å². The van der Waals surface area contributed by atoms with Crippen LogP contribution in [0.2, 0.25) is 0 Å². The summed E-state index contributed by atoms with van der Waals surface area (Å²) >= 11 is 0.